The van der Waals surface area contributed by atoms with Gasteiger partial charge in [-0.2, -0.15) is 0 Å². The first kappa shape index (κ1) is 3.88. The minimum atomic E-state index is 0.0664. The molecule has 0 aromatic heterocycles. The Labute approximate surface area is 40.6 Å². The topological polar surface area (TPSA) is 17.1 Å². The van der Waals surface area contributed by atoms with E-state index in [1.165, 1.54) is 0 Å². The lowest BCUT2D eigenvalue weighted by Gasteiger charge is -2.01. The summed E-state index contributed by atoms with van der Waals surface area (Å²) in [5.74, 6) is 0.0664. The van der Waals surface area contributed by atoms with Crippen LogP contribution in [0.2, 0.25) is 0 Å². The first-order chi connectivity index (χ1) is 2.80. The number of Topliss-reactive ketones (excluding diaryl/α,β-unsaturated/α-hetero) is 1. The predicted octanol–water partition coefficient (Wildman–Crippen LogP) is 1.08. The smallest absolute Gasteiger partial charge is 0.177 e. The molecule has 6 heavy (non-hydrogen) atoms. The van der Waals surface area contributed by atoms with Gasteiger partial charge in [-0.1, -0.05) is 17.7 Å². The number of rotatable bonds is 0. The van der Waals surface area contributed by atoms with Crippen LogP contribution in [0.15, 0.2) is 11.1 Å². The van der Waals surface area contributed by atoms with Crippen molar-refractivity contribution in [3.05, 3.63) is 11.1 Å². The highest BCUT2D eigenvalue weighted by Crippen LogP contribution is 2.16. The molecule has 32 valence electrons. The summed E-state index contributed by atoms with van der Waals surface area (Å²) in [6, 6.07) is 0. The van der Waals surface area contributed by atoms with E-state index < -0.39 is 0 Å². The molecule has 0 unspecified atom stereocenters. The van der Waals surface area contributed by atoms with Gasteiger partial charge in [0.15, 0.2) is 5.78 Å². The molecule has 0 saturated heterocycles. The van der Waals surface area contributed by atoms with Crippen LogP contribution in [0.1, 0.15) is 6.42 Å². The van der Waals surface area contributed by atoms with Gasteiger partial charge in [0.05, 0.1) is 5.03 Å². The Morgan fingerprint density at radius 3 is 2.33 bits per heavy atom. The summed E-state index contributed by atoms with van der Waals surface area (Å²) in [5.41, 5.74) is 0. The van der Waals surface area contributed by atoms with Gasteiger partial charge in [0, 0.05) is 6.42 Å². The van der Waals surface area contributed by atoms with Crippen LogP contribution in [0, 0.1) is 0 Å². The molecule has 0 amide bonds. The van der Waals surface area contributed by atoms with Gasteiger partial charge in [0.2, 0.25) is 0 Å². The number of allylic oxidation sites excluding steroid dienone is 2. The third-order valence-corrected chi connectivity index (χ3v) is 1.10. The number of hydrogen-bond acceptors (Lipinski definition) is 1. The molecule has 0 atom stereocenters. The normalized spacial score (nSPS) is 19.5. The second kappa shape index (κ2) is 1.09. The van der Waals surface area contributed by atoms with Crippen LogP contribution in [-0.4, -0.2) is 5.78 Å². The van der Waals surface area contributed by atoms with Crippen LogP contribution in [0.25, 0.3) is 0 Å². The van der Waals surface area contributed by atoms with Gasteiger partial charge >= 0.3 is 0 Å². The van der Waals surface area contributed by atoms with E-state index in [2.05, 4.69) is 0 Å². The van der Waals surface area contributed by atoms with Crippen LogP contribution in [0.4, 0.5) is 0 Å². The van der Waals surface area contributed by atoms with Crippen molar-refractivity contribution in [2.24, 2.45) is 0 Å². The van der Waals surface area contributed by atoms with Crippen LogP contribution < -0.4 is 0 Å². The van der Waals surface area contributed by atoms with E-state index in [-0.39, 0.29) is 5.78 Å². The third kappa shape index (κ3) is 0.356. The Balaban J connectivity index is 2.75. The Hall–Kier alpha value is -0.300. The number of halogens is 1. The number of ketones is 1. The average Bonchev–Trinajstić information content (AvgIpc) is 1.61. The molecule has 1 aliphatic carbocycles. The van der Waals surface area contributed by atoms with E-state index in [4.69, 9.17) is 11.6 Å². The molecular weight excluding hydrogens is 99.5 g/mol. The van der Waals surface area contributed by atoms with Crippen molar-refractivity contribution in [1.82, 2.24) is 0 Å². The van der Waals surface area contributed by atoms with Gasteiger partial charge in [-0.25, -0.2) is 0 Å². The molecule has 0 aromatic rings. The van der Waals surface area contributed by atoms with Crippen molar-refractivity contribution >= 4 is 17.4 Å². The third-order valence-electron chi connectivity index (χ3n) is 0.733. The highest BCUT2D eigenvalue weighted by atomic mass is 35.5. The minimum absolute atomic E-state index is 0.0664. The highest BCUT2D eigenvalue weighted by Gasteiger charge is 2.12. The van der Waals surface area contributed by atoms with Gasteiger partial charge in [0.25, 0.3) is 0 Å². The lowest BCUT2D eigenvalue weighted by atomic mass is 10.1. The van der Waals surface area contributed by atoms with E-state index in [1.807, 2.05) is 0 Å². The van der Waals surface area contributed by atoms with Crippen molar-refractivity contribution in [3.63, 3.8) is 0 Å². The zero-order valence-electron chi connectivity index (χ0n) is 3.07. The second-order valence-corrected chi connectivity index (χ2v) is 1.59. The second-order valence-electron chi connectivity index (χ2n) is 1.18. The number of carbonyl (C=O) groups is 1. The van der Waals surface area contributed by atoms with Gasteiger partial charge in [-0.15, -0.1) is 0 Å². The monoisotopic (exact) mass is 102 g/mol. The lowest BCUT2D eigenvalue weighted by Crippen LogP contribution is -2.04. The molecule has 2 heteroatoms. The van der Waals surface area contributed by atoms with E-state index in [1.54, 1.807) is 6.08 Å². The Morgan fingerprint density at radius 2 is 2.33 bits per heavy atom. The van der Waals surface area contributed by atoms with Gasteiger partial charge in [-0.05, 0) is 0 Å². The maximum atomic E-state index is 10.0. The molecule has 0 fully saturated rings. The maximum absolute atomic E-state index is 10.0. The predicted molar refractivity (Wildman–Crippen MR) is 23.6 cm³/mol. The minimum Gasteiger partial charge on any atom is -0.293 e. The quantitative estimate of drug-likeness (QED) is 0.447. The molecule has 0 N–H and O–H groups in total. The molecule has 1 nitrogen and oxygen atoms in total. The molecule has 0 saturated carbocycles. The lowest BCUT2D eigenvalue weighted by molar-refractivity contribution is -0.115. The average molecular weight is 103 g/mol. The zero-order chi connectivity index (χ0) is 4.57. The summed E-state index contributed by atoms with van der Waals surface area (Å²) < 4.78 is 0. The van der Waals surface area contributed by atoms with Gasteiger partial charge in [0.1, 0.15) is 0 Å². The molecule has 0 radical (unpaired) electrons. The summed E-state index contributed by atoms with van der Waals surface area (Å²) in [7, 11) is 0. The largest absolute Gasteiger partial charge is 0.293 e. The molecule has 1 rings (SSSR count). The first-order valence-electron chi connectivity index (χ1n) is 1.69. The van der Waals surface area contributed by atoms with Gasteiger partial charge < -0.3 is 0 Å². The standard InChI is InChI=1S/C4H3ClO/c5-3-1-2-4(3)6/h1H,2H2. The Morgan fingerprint density at radius 1 is 1.83 bits per heavy atom. The zero-order valence-corrected chi connectivity index (χ0v) is 3.83. The van der Waals surface area contributed by atoms with Crippen molar-refractivity contribution < 1.29 is 4.79 Å². The highest BCUT2D eigenvalue weighted by molar-refractivity contribution is 6.45. The summed E-state index contributed by atoms with van der Waals surface area (Å²) in [4.78, 5) is 10.0. The van der Waals surface area contributed by atoms with Crippen molar-refractivity contribution in [3.8, 4) is 0 Å². The summed E-state index contributed by atoms with van der Waals surface area (Å²) in [6.45, 7) is 0. The van der Waals surface area contributed by atoms with Gasteiger partial charge in [-0.3, -0.25) is 4.79 Å². The van der Waals surface area contributed by atoms with E-state index in [9.17, 15) is 4.79 Å². The molecular formula is C4H3ClO. The van der Waals surface area contributed by atoms with Crippen molar-refractivity contribution in [1.29, 1.82) is 0 Å². The summed E-state index contributed by atoms with van der Waals surface area (Å²) in [6.07, 6.45) is 2.24. The molecule has 0 aromatic carbocycles. The Bertz CT molecular complexity index is 115. The Kier molecular flexibility index (Phi) is 0.701. The molecule has 0 aliphatic heterocycles. The van der Waals surface area contributed by atoms with Crippen LogP contribution in [0.5, 0.6) is 0 Å². The fraction of sp³-hybridized carbons (Fsp3) is 0.250. The fourth-order valence-corrected chi connectivity index (χ4v) is 0.417. The summed E-state index contributed by atoms with van der Waals surface area (Å²) >= 11 is 5.21. The number of carbonyl (C=O) groups excluding carboxylic acids is 1. The molecule has 0 bridgehead atoms. The van der Waals surface area contributed by atoms with Crippen molar-refractivity contribution in [2.45, 2.75) is 6.42 Å². The van der Waals surface area contributed by atoms with E-state index >= 15 is 0 Å². The first-order valence-corrected chi connectivity index (χ1v) is 2.07. The van der Waals surface area contributed by atoms with Crippen LogP contribution >= 0.6 is 11.6 Å². The molecule has 1 aliphatic rings. The fourth-order valence-electron chi connectivity index (χ4n) is 0.263. The van der Waals surface area contributed by atoms with Crippen molar-refractivity contribution in [2.75, 3.05) is 0 Å². The van der Waals surface area contributed by atoms with E-state index in [0.29, 0.717) is 11.5 Å². The maximum Gasteiger partial charge on any atom is 0.177 e. The van der Waals surface area contributed by atoms with E-state index in [0.717, 1.165) is 0 Å². The summed E-state index contributed by atoms with van der Waals surface area (Å²) in [5, 5.41) is 0.398. The SMILES string of the molecule is O=C1CC=C1Cl. The number of hydrogen-bond donors (Lipinski definition) is 0. The van der Waals surface area contributed by atoms with Crippen LogP contribution in [0.3, 0.4) is 0 Å². The molecule has 0 spiro atoms. The molecule has 0 heterocycles. The van der Waals surface area contributed by atoms with Crippen LogP contribution in [-0.2, 0) is 4.79 Å².